The van der Waals surface area contributed by atoms with Crippen LogP contribution in [0.4, 0.5) is 0 Å². The van der Waals surface area contributed by atoms with Gasteiger partial charge in [0.15, 0.2) is 6.29 Å². The first-order chi connectivity index (χ1) is 7.85. The zero-order chi connectivity index (χ0) is 12.1. The first-order valence-electron chi connectivity index (χ1n) is 6.69. The molecule has 98 valence electrons. The molecule has 2 nitrogen and oxygen atoms in total. The monoisotopic (exact) mass is 264 g/mol. The summed E-state index contributed by atoms with van der Waals surface area (Å²) in [6, 6.07) is 2.75. The number of thiol groups is 1. The summed E-state index contributed by atoms with van der Waals surface area (Å²) < 4.78 is 11.4. The summed E-state index contributed by atoms with van der Waals surface area (Å²) in [5.74, 6) is 1.04. The average Bonchev–Trinajstić information content (AvgIpc) is 2.31. The van der Waals surface area contributed by atoms with Crippen LogP contribution in [0.15, 0.2) is 0 Å². The minimum Gasteiger partial charge on any atom is -0.353 e. The molecule has 0 aliphatic carbocycles. The molecule has 0 unspecified atom stereocenters. The Morgan fingerprint density at radius 1 is 1.06 bits per heavy atom. The number of hydrogen-bond donors (Lipinski definition) is 1. The van der Waals surface area contributed by atoms with E-state index >= 15 is 0 Å². The van der Waals surface area contributed by atoms with Gasteiger partial charge in [-0.2, -0.15) is 12.6 Å². The summed E-state index contributed by atoms with van der Waals surface area (Å²) in [6.07, 6.45) is 4.58. The quantitative estimate of drug-likeness (QED) is 0.253. The molecule has 0 saturated carbocycles. The maximum absolute atomic E-state index is 5.68. The third kappa shape index (κ3) is 11.0. The first kappa shape index (κ1) is 16.5. The van der Waals surface area contributed by atoms with Gasteiger partial charge in [0.05, 0.1) is 0 Å². The summed E-state index contributed by atoms with van der Waals surface area (Å²) in [7, 11) is 0.102. The van der Waals surface area contributed by atoms with Crippen LogP contribution in [0.25, 0.3) is 0 Å². The first-order valence-corrected chi connectivity index (χ1v) is 9.32. The van der Waals surface area contributed by atoms with Crippen molar-refractivity contribution in [1.29, 1.82) is 0 Å². The second-order valence-corrected chi connectivity index (χ2v) is 6.67. The van der Waals surface area contributed by atoms with Crippen molar-refractivity contribution < 1.29 is 9.47 Å². The van der Waals surface area contributed by atoms with Gasteiger partial charge in [-0.05, 0) is 31.4 Å². The lowest BCUT2D eigenvalue weighted by Crippen LogP contribution is -2.19. The normalized spacial score (nSPS) is 12.0. The second-order valence-electron chi connectivity index (χ2n) is 4.10. The van der Waals surface area contributed by atoms with E-state index in [1.165, 1.54) is 18.5 Å². The topological polar surface area (TPSA) is 18.5 Å². The van der Waals surface area contributed by atoms with Gasteiger partial charge in [0.25, 0.3) is 0 Å². The number of rotatable bonds is 12. The Bertz CT molecular complexity index is 128. The lowest BCUT2D eigenvalue weighted by molar-refractivity contribution is -0.143. The molecule has 0 atom stereocenters. The van der Waals surface area contributed by atoms with E-state index in [0.717, 1.165) is 38.2 Å². The highest BCUT2D eigenvalue weighted by molar-refractivity contribution is 7.80. The fourth-order valence-corrected chi connectivity index (χ4v) is 3.71. The summed E-state index contributed by atoms with van der Waals surface area (Å²) in [4.78, 5) is 0. The SMILES string of the molecule is CCCOC(CC[SiH2]CCCS)OCCC. The molecule has 0 fully saturated rings. The van der Waals surface area contributed by atoms with Crippen molar-refractivity contribution in [3.63, 3.8) is 0 Å². The lowest BCUT2D eigenvalue weighted by atomic mass is 10.4. The van der Waals surface area contributed by atoms with E-state index in [2.05, 4.69) is 26.5 Å². The average molecular weight is 265 g/mol. The maximum atomic E-state index is 5.68. The molecule has 0 spiro atoms. The van der Waals surface area contributed by atoms with Gasteiger partial charge >= 0.3 is 0 Å². The van der Waals surface area contributed by atoms with Gasteiger partial charge in [-0.3, -0.25) is 0 Å². The van der Waals surface area contributed by atoms with E-state index in [-0.39, 0.29) is 15.8 Å². The Morgan fingerprint density at radius 3 is 2.19 bits per heavy atom. The molecular formula is C12H28O2SSi. The fourth-order valence-electron chi connectivity index (χ4n) is 1.49. The molecule has 0 aromatic heterocycles. The van der Waals surface area contributed by atoms with Crippen LogP contribution in [0.5, 0.6) is 0 Å². The van der Waals surface area contributed by atoms with Crippen LogP contribution < -0.4 is 0 Å². The van der Waals surface area contributed by atoms with Crippen LogP contribution in [0, 0.1) is 0 Å². The van der Waals surface area contributed by atoms with Gasteiger partial charge in [0.2, 0.25) is 0 Å². The molecule has 0 heterocycles. The van der Waals surface area contributed by atoms with Crippen LogP contribution in [0.3, 0.4) is 0 Å². The molecule has 16 heavy (non-hydrogen) atoms. The van der Waals surface area contributed by atoms with E-state index in [4.69, 9.17) is 9.47 Å². The highest BCUT2D eigenvalue weighted by atomic mass is 32.1. The molecule has 0 aromatic rings. The summed E-state index contributed by atoms with van der Waals surface area (Å²) in [5, 5.41) is 0. The molecule has 0 N–H and O–H groups in total. The van der Waals surface area contributed by atoms with E-state index in [9.17, 15) is 0 Å². The van der Waals surface area contributed by atoms with Crippen LogP contribution in [0.1, 0.15) is 39.5 Å². The van der Waals surface area contributed by atoms with E-state index in [1.54, 1.807) is 0 Å². The van der Waals surface area contributed by atoms with Crippen LogP contribution in [-0.4, -0.2) is 34.8 Å². The van der Waals surface area contributed by atoms with Gasteiger partial charge in [-0.15, -0.1) is 0 Å². The van der Waals surface area contributed by atoms with E-state index < -0.39 is 0 Å². The third-order valence-electron chi connectivity index (χ3n) is 2.36. The largest absolute Gasteiger partial charge is 0.353 e. The minimum absolute atomic E-state index is 0.0587. The predicted molar refractivity (Wildman–Crippen MR) is 77.5 cm³/mol. The Morgan fingerprint density at radius 2 is 1.69 bits per heavy atom. The molecule has 4 heteroatoms. The Balaban J connectivity index is 3.48. The smallest absolute Gasteiger partial charge is 0.157 e. The van der Waals surface area contributed by atoms with Crippen molar-refractivity contribution in [1.82, 2.24) is 0 Å². The highest BCUT2D eigenvalue weighted by Crippen LogP contribution is 2.07. The van der Waals surface area contributed by atoms with Gasteiger partial charge < -0.3 is 9.47 Å². The van der Waals surface area contributed by atoms with Crippen molar-refractivity contribution in [3.05, 3.63) is 0 Å². The lowest BCUT2D eigenvalue weighted by Gasteiger charge is -2.17. The van der Waals surface area contributed by atoms with Crippen molar-refractivity contribution in [2.24, 2.45) is 0 Å². The van der Waals surface area contributed by atoms with Crippen LogP contribution in [0.2, 0.25) is 12.1 Å². The Kier molecular flexibility index (Phi) is 14.0. The zero-order valence-corrected chi connectivity index (χ0v) is 13.2. The number of hydrogen-bond acceptors (Lipinski definition) is 3. The van der Waals surface area contributed by atoms with E-state index in [0.29, 0.717) is 0 Å². The van der Waals surface area contributed by atoms with Gasteiger partial charge in [0.1, 0.15) is 0 Å². The number of ether oxygens (including phenoxy) is 2. The molecule has 0 bridgehead atoms. The van der Waals surface area contributed by atoms with Crippen LogP contribution in [-0.2, 0) is 9.47 Å². The molecule has 0 radical (unpaired) electrons. The fraction of sp³-hybridized carbons (Fsp3) is 1.00. The molecule has 0 amide bonds. The van der Waals surface area contributed by atoms with Gasteiger partial charge in [-0.1, -0.05) is 25.9 Å². The molecule has 0 rings (SSSR count). The van der Waals surface area contributed by atoms with Crippen molar-refractivity contribution in [2.45, 2.75) is 57.9 Å². The van der Waals surface area contributed by atoms with Crippen molar-refractivity contribution >= 4 is 22.1 Å². The Hall–Kier alpha value is 0.487. The summed E-state index contributed by atoms with van der Waals surface area (Å²) in [5.41, 5.74) is 0. The highest BCUT2D eigenvalue weighted by Gasteiger charge is 2.08. The molecular weight excluding hydrogens is 236 g/mol. The molecule has 0 aromatic carbocycles. The second kappa shape index (κ2) is 13.6. The minimum atomic E-state index is 0.0587. The van der Waals surface area contributed by atoms with Crippen molar-refractivity contribution in [3.8, 4) is 0 Å². The third-order valence-corrected chi connectivity index (χ3v) is 4.59. The molecule has 0 saturated heterocycles. The van der Waals surface area contributed by atoms with Crippen molar-refractivity contribution in [2.75, 3.05) is 19.0 Å². The standard InChI is InChI=1S/C12H28O2SSi/c1-3-7-13-12(14-8-4-2)6-11-16-10-5-9-15/h12,15H,3-11,16H2,1-2H3. The van der Waals surface area contributed by atoms with Gasteiger partial charge in [-0.25, -0.2) is 0 Å². The maximum Gasteiger partial charge on any atom is 0.157 e. The molecule has 0 aliphatic heterocycles. The Labute approximate surface area is 109 Å². The van der Waals surface area contributed by atoms with Gasteiger partial charge in [0, 0.05) is 22.7 Å². The summed E-state index contributed by atoms with van der Waals surface area (Å²) in [6.45, 7) is 5.93. The predicted octanol–water partition coefficient (Wildman–Crippen LogP) is 2.88. The summed E-state index contributed by atoms with van der Waals surface area (Å²) >= 11 is 4.23. The zero-order valence-electron chi connectivity index (χ0n) is 10.9. The van der Waals surface area contributed by atoms with E-state index in [1.807, 2.05) is 0 Å². The molecule has 0 aliphatic rings. The van der Waals surface area contributed by atoms with Crippen LogP contribution >= 0.6 is 12.6 Å².